The average molecular weight is 866 g/mol. The van der Waals surface area contributed by atoms with Crippen molar-refractivity contribution in [2.45, 2.75) is 24.9 Å². The summed E-state index contributed by atoms with van der Waals surface area (Å²) >= 11 is 7.99. The van der Waals surface area contributed by atoms with E-state index in [0.29, 0.717) is 14.3 Å². The molecule has 0 radical (unpaired) electrons. The molecular weight excluding hydrogens is 848 g/mol. The molecule has 0 saturated carbocycles. The van der Waals surface area contributed by atoms with Crippen LogP contribution in [0.2, 0.25) is 0 Å². The molecule has 0 aliphatic carbocycles. The summed E-state index contributed by atoms with van der Waals surface area (Å²) in [6, 6.07) is 5.14. The topological polar surface area (TPSA) is 167 Å². The van der Waals surface area contributed by atoms with Gasteiger partial charge in [-0.25, -0.2) is 0 Å². The fourth-order valence-corrected chi connectivity index (χ4v) is 5.95. The maximum atomic E-state index is 10.6. The molecule has 0 amide bonds. The van der Waals surface area contributed by atoms with E-state index in [2.05, 4.69) is 0 Å². The van der Waals surface area contributed by atoms with Crippen LogP contribution in [0.5, 0.6) is 11.5 Å². The quantitative estimate of drug-likeness (QED) is 0.241. The average Bonchev–Trinajstić information content (AvgIpc) is 2.64. The zero-order valence-corrected chi connectivity index (χ0v) is 23.8. The fraction of sp³-hybridized carbons (Fsp3) is 0.222. The Kier molecular flexibility index (Phi) is 11.8. The molecule has 0 fully saturated rings. The van der Waals surface area contributed by atoms with E-state index in [1.807, 2.05) is 90.4 Å². The number of hydrogen-bond acceptors (Lipinski definition) is 6. The number of phenols is 2. The number of aliphatic carboxylic acids is 2. The maximum absolute atomic E-state index is 10.6. The van der Waals surface area contributed by atoms with E-state index in [-0.39, 0.29) is 24.3 Å². The monoisotopic (exact) mass is 866 g/mol. The molecule has 0 saturated heterocycles. The standard InChI is InChI=1S/2C9H9I2NO3/c2*10-5-1-4(2-6(11)8(5)13)3-7(12)9(14)15/h2*1-2,7,13H,3,12H2,(H,14,15)/t7-;/m0./s1. The largest absolute Gasteiger partial charge is 0.506 e. The highest BCUT2D eigenvalue weighted by molar-refractivity contribution is 14.1. The first kappa shape index (κ1) is 27.9. The molecule has 2 atom stereocenters. The number of aromatic hydroxyl groups is 2. The predicted molar refractivity (Wildman–Crippen MR) is 146 cm³/mol. The minimum absolute atomic E-state index is 0.226. The summed E-state index contributed by atoms with van der Waals surface area (Å²) in [6.45, 7) is 0. The van der Waals surface area contributed by atoms with Crippen LogP contribution in [0.4, 0.5) is 0 Å². The molecule has 2 aromatic carbocycles. The van der Waals surface area contributed by atoms with E-state index in [9.17, 15) is 19.8 Å². The number of carboxylic acid groups (broad SMARTS) is 2. The summed E-state index contributed by atoms with van der Waals surface area (Å²) in [4.78, 5) is 21.1. The van der Waals surface area contributed by atoms with Crippen molar-refractivity contribution in [3.05, 3.63) is 49.7 Å². The number of nitrogens with two attached hydrogens (primary N) is 2. The first-order valence-corrected chi connectivity index (χ1v) is 12.5. The fourth-order valence-electron chi connectivity index (χ4n) is 2.15. The Morgan fingerprint density at radius 3 is 1.13 bits per heavy atom. The molecule has 0 aliphatic rings. The van der Waals surface area contributed by atoms with E-state index < -0.39 is 24.0 Å². The van der Waals surface area contributed by atoms with Gasteiger partial charge in [-0.1, -0.05) is 0 Å². The molecular formula is C18H18I4N2O6. The number of carboxylic acids is 2. The summed E-state index contributed by atoms with van der Waals surface area (Å²) in [5, 5.41) is 36.3. The Hall–Kier alpha value is -0.180. The normalized spacial score (nSPS) is 12.5. The van der Waals surface area contributed by atoms with Gasteiger partial charge in [0.25, 0.3) is 0 Å². The number of rotatable bonds is 6. The van der Waals surface area contributed by atoms with Gasteiger partial charge in [0, 0.05) is 0 Å². The first-order valence-electron chi connectivity index (χ1n) is 8.14. The van der Waals surface area contributed by atoms with Gasteiger partial charge in [-0.2, -0.15) is 0 Å². The summed E-state index contributed by atoms with van der Waals surface area (Å²) in [7, 11) is 0. The van der Waals surface area contributed by atoms with Crippen LogP contribution in [0.25, 0.3) is 0 Å². The van der Waals surface area contributed by atoms with Crippen LogP contribution in [0.15, 0.2) is 24.3 Å². The van der Waals surface area contributed by atoms with Crippen LogP contribution in [0.1, 0.15) is 11.1 Å². The minimum atomic E-state index is -1.02. The van der Waals surface area contributed by atoms with E-state index in [0.717, 1.165) is 11.1 Å². The summed E-state index contributed by atoms with van der Waals surface area (Å²) < 4.78 is 2.80. The van der Waals surface area contributed by atoms with Gasteiger partial charge in [-0.05, 0) is 139 Å². The molecule has 1 unspecified atom stereocenters. The molecule has 12 heteroatoms. The molecule has 2 aromatic rings. The summed E-state index contributed by atoms with van der Waals surface area (Å²) in [6.07, 6.45) is 0.531. The minimum Gasteiger partial charge on any atom is -0.506 e. The van der Waals surface area contributed by atoms with Gasteiger partial charge < -0.3 is 31.9 Å². The lowest BCUT2D eigenvalue weighted by Crippen LogP contribution is -2.32. The van der Waals surface area contributed by atoms with Gasteiger partial charge in [0.1, 0.15) is 23.6 Å². The molecule has 164 valence electrons. The van der Waals surface area contributed by atoms with Gasteiger partial charge in [0.05, 0.1) is 14.3 Å². The molecule has 30 heavy (non-hydrogen) atoms. The maximum Gasteiger partial charge on any atom is 0.320 e. The Balaban J connectivity index is 0.000000300. The summed E-state index contributed by atoms with van der Waals surface area (Å²) in [5.74, 6) is -1.59. The van der Waals surface area contributed by atoms with Gasteiger partial charge in [-0.3, -0.25) is 9.59 Å². The SMILES string of the molecule is NC(Cc1cc(I)c(O)c(I)c1)C(=O)O.N[C@@H](Cc1cc(I)c(O)c(I)c1)C(=O)O. The van der Waals surface area contributed by atoms with E-state index in [1.165, 1.54) is 0 Å². The second-order valence-corrected chi connectivity index (χ2v) is 10.8. The second kappa shape index (κ2) is 12.8. The van der Waals surface area contributed by atoms with E-state index in [1.54, 1.807) is 24.3 Å². The van der Waals surface area contributed by atoms with E-state index in [4.69, 9.17) is 21.7 Å². The molecule has 0 spiro atoms. The van der Waals surface area contributed by atoms with Crippen LogP contribution in [0.3, 0.4) is 0 Å². The molecule has 8 nitrogen and oxygen atoms in total. The van der Waals surface area contributed by atoms with Crippen molar-refractivity contribution >= 4 is 102 Å². The molecule has 0 aromatic heterocycles. The van der Waals surface area contributed by atoms with Crippen molar-refractivity contribution < 1.29 is 30.0 Å². The highest BCUT2D eigenvalue weighted by Crippen LogP contribution is 2.28. The van der Waals surface area contributed by atoms with Gasteiger partial charge in [-0.15, -0.1) is 0 Å². The smallest absolute Gasteiger partial charge is 0.320 e. The molecule has 8 N–H and O–H groups in total. The number of hydrogen-bond donors (Lipinski definition) is 6. The van der Waals surface area contributed by atoms with Crippen molar-refractivity contribution in [2.75, 3.05) is 0 Å². The molecule has 0 aliphatic heterocycles. The van der Waals surface area contributed by atoms with Crippen LogP contribution in [-0.4, -0.2) is 44.4 Å². The van der Waals surface area contributed by atoms with Crippen molar-refractivity contribution in [1.29, 1.82) is 0 Å². The molecule has 0 heterocycles. The van der Waals surface area contributed by atoms with Crippen molar-refractivity contribution in [3.8, 4) is 11.5 Å². The lowest BCUT2D eigenvalue weighted by Gasteiger charge is -2.08. The summed E-state index contributed by atoms with van der Waals surface area (Å²) in [5.41, 5.74) is 12.5. The highest BCUT2D eigenvalue weighted by Gasteiger charge is 2.15. The molecule has 0 bridgehead atoms. The van der Waals surface area contributed by atoms with Gasteiger partial charge >= 0.3 is 11.9 Å². The zero-order valence-electron chi connectivity index (χ0n) is 15.2. The highest BCUT2D eigenvalue weighted by atomic mass is 127. The van der Waals surface area contributed by atoms with Crippen LogP contribution in [-0.2, 0) is 22.4 Å². The number of halogens is 4. The number of benzene rings is 2. The Labute approximate surface area is 227 Å². The third-order valence-electron chi connectivity index (χ3n) is 3.70. The Morgan fingerprint density at radius 2 is 0.933 bits per heavy atom. The lowest BCUT2D eigenvalue weighted by atomic mass is 10.1. The second-order valence-electron chi connectivity index (χ2n) is 6.11. The first-order chi connectivity index (χ1) is 13.8. The van der Waals surface area contributed by atoms with Gasteiger partial charge in [0.2, 0.25) is 0 Å². The van der Waals surface area contributed by atoms with E-state index >= 15 is 0 Å². The zero-order chi connectivity index (χ0) is 23.2. The molecule has 2 rings (SSSR count). The van der Waals surface area contributed by atoms with Crippen molar-refractivity contribution in [1.82, 2.24) is 0 Å². The van der Waals surface area contributed by atoms with Crippen molar-refractivity contribution in [2.24, 2.45) is 11.5 Å². The van der Waals surface area contributed by atoms with Crippen LogP contribution < -0.4 is 11.5 Å². The lowest BCUT2D eigenvalue weighted by molar-refractivity contribution is -0.139. The van der Waals surface area contributed by atoms with Gasteiger partial charge in [0.15, 0.2) is 0 Å². The Bertz CT molecular complexity index is 819. The van der Waals surface area contributed by atoms with Crippen LogP contribution in [0, 0.1) is 14.3 Å². The Morgan fingerprint density at radius 1 is 0.700 bits per heavy atom. The van der Waals surface area contributed by atoms with Crippen LogP contribution >= 0.6 is 90.4 Å². The van der Waals surface area contributed by atoms with Crippen molar-refractivity contribution in [3.63, 3.8) is 0 Å². The number of phenolic OH excluding ortho intramolecular Hbond substituents is 2. The number of carbonyl (C=O) groups is 2. The third kappa shape index (κ3) is 8.75. The third-order valence-corrected chi connectivity index (χ3v) is 6.99. The predicted octanol–water partition coefficient (Wildman–Crippen LogP) is 3.11.